The molecule has 0 atom stereocenters. The highest BCUT2D eigenvalue weighted by molar-refractivity contribution is 6.28. The molecular weight excluding hydrogens is 316 g/mol. The average Bonchev–Trinajstić information content (AvgIpc) is 3.20. The predicted octanol–water partition coefficient (Wildman–Crippen LogP) is 2.80. The summed E-state index contributed by atoms with van der Waals surface area (Å²) in [4.78, 5) is 25.6. The minimum Gasteiger partial charge on any atom is -0.289 e. The fourth-order valence-electron chi connectivity index (χ4n) is 3.46. The molecule has 1 aliphatic carbocycles. The number of hydrogen-bond acceptors (Lipinski definition) is 5. The number of nitrogens with one attached hydrogen (secondary N) is 1. The first-order valence-electron chi connectivity index (χ1n) is 7.73. The van der Waals surface area contributed by atoms with Gasteiger partial charge in [0.2, 0.25) is 11.6 Å². The zero-order valence-corrected chi connectivity index (χ0v) is 12.9. The SMILES string of the molecule is O=C(c1nn[nH]n1)c1ccc2c3c(cccc13)C(=O)c1ccccc1-2. The second kappa shape index (κ2) is 4.91. The van der Waals surface area contributed by atoms with E-state index in [-0.39, 0.29) is 17.4 Å². The van der Waals surface area contributed by atoms with Gasteiger partial charge in [-0.3, -0.25) is 9.59 Å². The molecule has 0 fully saturated rings. The van der Waals surface area contributed by atoms with Crippen molar-refractivity contribution in [2.75, 3.05) is 0 Å². The number of carbonyl (C=O) groups is 2. The van der Waals surface area contributed by atoms with Crippen molar-refractivity contribution in [1.29, 1.82) is 0 Å². The Balaban J connectivity index is 1.86. The first-order chi connectivity index (χ1) is 12.3. The second-order valence-corrected chi connectivity index (χ2v) is 5.83. The van der Waals surface area contributed by atoms with E-state index in [0.29, 0.717) is 22.1 Å². The van der Waals surface area contributed by atoms with Gasteiger partial charge in [0.1, 0.15) is 0 Å². The third-order valence-electron chi connectivity index (χ3n) is 4.54. The van der Waals surface area contributed by atoms with Crippen LogP contribution in [0.25, 0.3) is 21.9 Å². The van der Waals surface area contributed by atoms with Crippen LogP contribution >= 0.6 is 0 Å². The summed E-state index contributed by atoms with van der Waals surface area (Å²) in [7, 11) is 0. The molecule has 118 valence electrons. The third kappa shape index (κ3) is 1.82. The van der Waals surface area contributed by atoms with Gasteiger partial charge in [-0.1, -0.05) is 48.5 Å². The lowest BCUT2D eigenvalue weighted by Crippen LogP contribution is -2.12. The van der Waals surface area contributed by atoms with E-state index in [1.54, 1.807) is 18.2 Å². The van der Waals surface area contributed by atoms with Crippen molar-refractivity contribution in [2.45, 2.75) is 0 Å². The highest BCUT2D eigenvalue weighted by Gasteiger charge is 2.27. The summed E-state index contributed by atoms with van der Waals surface area (Å²) < 4.78 is 0. The number of tetrazole rings is 1. The van der Waals surface area contributed by atoms with Gasteiger partial charge in [-0.15, -0.1) is 10.2 Å². The van der Waals surface area contributed by atoms with Gasteiger partial charge >= 0.3 is 0 Å². The first-order valence-corrected chi connectivity index (χ1v) is 7.73. The number of benzene rings is 3. The molecule has 6 nitrogen and oxygen atoms in total. The number of H-pyrrole nitrogens is 1. The van der Waals surface area contributed by atoms with Gasteiger partial charge in [-0.2, -0.15) is 5.21 Å². The maximum Gasteiger partial charge on any atom is 0.245 e. The van der Waals surface area contributed by atoms with Crippen molar-refractivity contribution < 1.29 is 9.59 Å². The lowest BCUT2D eigenvalue weighted by Gasteiger charge is -2.20. The summed E-state index contributed by atoms with van der Waals surface area (Å²) >= 11 is 0. The van der Waals surface area contributed by atoms with Crippen LogP contribution in [0.2, 0.25) is 0 Å². The first kappa shape index (κ1) is 13.7. The van der Waals surface area contributed by atoms with Gasteiger partial charge in [0.05, 0.1) is 0 Å². The van der Waals surface area contributed by atoms with Crippen molar-refractivity contribution in [3.63, 3.8) is 0 Å². The number of aromatic amines is 1. The lowest BCUT2D eigenvalue weighted by atomic mass is 9.81. The molecular formula is C19H10N4O2. The van der Waals surface area contributed by atoms with Gasteiger partial charge in [0.15, 0.2) is 5.78 Å². The molecule has 0 spiro atoms. The predicted molar refractivity (Wildman–Crippen MR) is 90.4 cm³/mol. The Morgan fingerprint density at radius 1 is 0.840 bits per heavy atom. The zero-order valence-electron chi connectivity index (χ0n) is 12.9. The van der Waals surface area contributed by atoms with Crippen molar-refractivity contribution in [3.05, 3.63) is 77.1 Å². The molecule has 4 aromatic rings. The van der Waals surface area contributed by atoms with E-state index in [4.69, 9.17) is 0 Å². The molecule has 0 amide bonds. The minimum atomic E-state index is -0.330. The summed E-state index contributed by atoms with van der Waals surface area (Å²) in [5.41, 5.74) is 3.57. The highest BCUT2D eigenvalue weighted by Crippen LogP contribution is 2.40. The fourth-order valence-corrected chi connectivity index (χ4v) is 3.46. The quantitative estimate of drug-likeness (QED) is 0.504. The Morgan fingerprint density at radius 2 is 1.64 bits per heavy atom. The van der Waals surface area contributed by atoms with Crippen molar-refractivity contribution >= 4 is 22.3 Å². The number of aromatic nitrogens is 4. The molecule has 1 aromatic heterocycles. The lowest BCUT2D eigenvalue weighted by molar-refractivity contribution is 0.102. The van der Waals surface area contributed by atoms with Crippen LogP contribution in [-0.2, 0) is 0 Å². The average molecular weight is 326 g/mol. The third-order valence-corrected chi connectivity index (χ3v) is 4.54. The molecule has 0 unspecified atom stereocenters. The smallest absolute Gasteiger partial charge is 0.245 e. The van der Waals surface area contributed by atoms with Gasteiger partial charge < -0.3 is 0 Å². The molecule has 25 heavy (non-hydrogen) atoms. The molecule has 6 heteroatoms. The fraction of sp³-hybridized carbons (Fsp3) is 0. The van der Waals surface area contributed by atoms with Crippen LogP contribution in [0.15, 0.2) is 54.6 Å². The van der Waals surface area contributed by atoms with Gasteiger partial charge in [0.25, 0.3) is 0 Å². The van der Waals surface area contributed by atoms with Gasteiger partial charge in [-0.05, 0) is 27.8 Å². The van der Waals surface area contributed by atoms with E-state index >= 15 is 0 Å². The molecule has 0 saturated carbocycles. The Kier molecular flexibility index (Phi) is 2.70. The monoisotopic (exact) mass is 326 g/mol. The van der Waals surface area contributed by atoms with E-state index in [0.717, 1.165) is 16.5 Å². The maximum atomic E-state index is 12.9. The van der Waals surface area contributed by atoms with Gasteiger partial charge in [0, 0.05) is 22.1 Å². The van der Waals surface area contributed by atoms with Crippen LogP contribution in [0.5, 0.6) is 0 Å². The topological polar surface area (TPSA) is 88.6 Å². The Hall–Kier alpha value is -3.67. The number of hydrogen-bond donors (Lipinski definition) is 1. The number of rotatable bonds is 2. The molecule has 1 N–H and O–H groups in total. The van der Waals surface area contributed by atoms with E-state index in [2.05, 4.69) is 20.6 Å². The van der Waals surface area contributed by atoms with E-state index in [1.807, 2.05) is 36.4 Å². The van der Waals surface area contributed by atoms with E-state index in [9.17, 15) is 9.59 Å². The van der Waals surface area contributed by atoms with E-state index in [1.165, 1.54) is 0 Å². The Morgan fingerprint density at radius 3 is 2.44 bits per heavy atom. The molecule has 5 rings (SSSR count). The van der Waals surface area contributed by atoms with Crippen LogP contribution < -0.4 is 0 Å². The largest absolute Gasteiger partial charge is 0.289 e. The molecule has 0 saturated heterocycles. The van der Waals surface area contributed by atoms with Crippen LogP contribution in [0.3, 0.4) is 0 Å². The maximum absolute atomic E-state index is 12.9. The standard InChI is InChI=1S/C19H10N4O2/c24-17-13-5-2-1-4-10(13)12-8-9-14(18(25)19-20-22-23-21-19)11-6-3-7-15(17)16(11)12/h1-9H,(H,20,21,22,23). The van der Waals surface area contributed by atoms with Crippen LogP contribution in [-0.4, -0.2) is 32.2 Å². The van der Waals surface area contributed by atoms with E-state index < -0.39 is 0 Å². The summed E-state index contributed by atoms with van der Waals surface area (Å²) in [5, 5.41) is 14.8. The second-order valence-electron chi connectivity index (χ2n) is 5.83. The molecule has 1 heterocycles. The number of nitrogens with zero attached hydrogens (tertiary/aromatic N) is 3. The van der Waals surface area contributed by atoms with Crippen molar-refractivity contribution in [1.82, 2.24) is 20.6 Å². The molecule has 0 radical (unpaired) electrons. The summed E-state index contributed by atoms with van der Waals surface area (Å²) in [6, 6.07) is 16.6. The molecule has 1 aliphatic rings. The molecule has 0 bridgehead atoms. The minimum absolute atomic E-state index is 0.00300. The number of carbonyl (C=O) groups excluding carboxylic acids is 2. The molecule has 3 aromatic carbocycles. The number of fused-ring (bicyclic) bond motifs is 2. The Labute approximate surface area is 141 Å². The highest BCUT2D eigenvalue weighted by atomic mass is 16.1. The Bertz CT molecular complexity index is 1180. The van der Waals surface area contributed by atoms with Crippen molar-refractivity contribution in [3.8, 4) is 11.1 Å². The van der Waals surface area contributed by atoms with Gasteiger partial charge in [-0.25, -0.2) is 0 Å². The van der Waals surface area contributed by atoms with Crippen LogP contribution in [0.4, 0.5) is 0 Å². The van der Waals surface area contributed by atoms with Crippen LogP contribution in [0, 0.1) is 0 Å². The van der Waals surface area contributed by atoms with Crippen molar-refractivity contribution in [2.24, 2.45) is 0 Å². The normalized spacial score (nSPS) is 12.2. The molecule has 0 aliphatic heterocycles. The number of ketones is 2. The van der Waals surface area contributed by atoms with Crippen LogP contribution in [0.1, 0.15) is 32.1 Å². The zero-order chi connectivity index (χ0) is 17.0. The summed E-state index contributed by atoms with van der Waals surface area (Å²) in [6.45, 7) is 0. The summed E-state index contributed by atoms with van der Waals surface area (Å²) in [5.74, 6) is -0.357. The summed E-state index contributed by atoms with van der Waals surface area (Å²) in [6.07, 6.45) is 0.